The van der Waals surface area contributed by atoms with Crippen molar-refractivity contribution in [3.63, 3.8) is 0 Å². The summed E-state index contributed by atoms with van der Waals surface area (Å²) < 4.78 is 2.74. The van der Waals surface area contributed by atoms with E-state index >= 15 is 0 Å². The third-order valence-corrected chi connectivity index (χ3v) is 12.6. The van der Waals surface area contributed by atoms with Crippen LogP contribution in [-0.4, -0.2) is 29.6 Å². The third kappa shape index (κ3) is 3.52. The molecule has 1 N–H and O–H groups in total. The van der Waals surface area contributed by atoms with Crippen LogP contribution >= 0.6 is 0 Å². The molecule has 1 nitrogen and oxygen atoms in total. The molecule has 0 atom stereocenters. The van der Waals surface area contributed by atoms with Crippen molar-refractivity contribution in [2.75, 3.05) is 6.61 Å². The summed E-state index contributed by atoms with van der Waals surface area (Å²) in [4.78, 5) is 2.44. The summed E-state index contributed by atoms with van der Waals surface area (Å²) in [5.41, 5.74) is 1.24. The Bertz CT molecular complexity index is 736. The second-order valence-corrected chi connectivity index (χ2v) is 12.8. The van der Waals surface area contributed by atoms with E-state index in [0.717, 1.165) is 5.21 Å². The molecule has 23 heavy (non-hydrogen) atoms. The average molecular weight is 364 g/mol. The Kier molecular flexibility index (Phi) is 5.23. The first kappa shape index (κ1) is 15.9. The van der Waals surface area contributed by atoms with Gasteiger partial charge in [0.05, 0.1) is 0 Å². The van der Waals surface area contributed by atoms with Crippen molar-refractivity contribution in [3.8, 4) is 0 Å². The molecule has 2 heteroatoms. The van der Waals surface area contributed by atoms with Gasteiger partial charge in [0, 0.05) is 0 Å². The number of aliphatic hydroxyl groups excluding tert-OH is 1. The summed E-state index contributed by atoms with van der Waals surface area (Å²) >= 11 is -2.60. The van der Waals surface area contributed by atoms with Crippen LogP contribution in [0.3, 0.4) is 0 Å². The molecule has 0 bridgehead atoms. The zero-order valence-electron chi connectivity index (χ0n) is 13.0. The Morgan fingerprint density at radius 3 is 1.52 bits per heavy atom. The van der Waals surface area contributed by atoms with Gasteiger partial charge in [-0.3, -0.25) is 0 Å². The molecule has 0 heterocycles. The van der Waals surface area contributed by atoms with E-state index < -0.39 is 13.1 Å². The van der Waals surface area contributed by atoms with Crippen molar-refractivity contribution in [1.29, 1.82) is 0 Å². The summed E-state index contributed by atoms with van der Waals surface area (Å²) in [6.45, 7) is 0.208. The van der Waals surface area contributed by atoms with Gasteiger partial charge >= 0.3 is 140 Å². The van der Waals surface area contributed by atoms with Gasteiger partial charge in [0.2, 0.25) is 0 Å². The molecule has 0 radical (unpaired) electrons. The second-order valence-electron chi connectivity index (χ2n) is 5.53. The molecule has 0 fully saturated rings. The predicted octanol–water partition coefficient (Wildman–Crippen LogP) is 2.67. The number of aliphatic hydroxyl groups is 1. The molecular formula is C21H21AsO. The normalized spacial score (nSPS) is 11.2. The molecular weight excluding hydrogens is 343 g/mol. The van der Waals surface area contributed by atoms with Crippen molar-refractivity contribution < 1.29 is 5.11 Å². The van der Waals surface area contributed by atoms with Crippen LogP contribution in [0.2, 0.25) is 5.21 Å². The van der Waals surface area contributed by atoms with E-state index in [0.29, 0.717) is 0 Å². The fraction of sp³-hybridized carbons (Fsp3) is 0.0952. The van der Waals surface area contributed by atoms with Gasteiger partial charge in [-0.25, -0.2) is 0 Å². The summed E-state index contributed by atoms with van der Waals surface area (Å²) in [5, 5.41) is 10.6. The fourth-order valence-corrected chi connectivity index (χ4v) is 10.6. The van der Waals surface area contributed by atoms with Gasteiger partial charge in [-0.05, 0) is 0 Å². The molecule has 0 aliphatic rings. The van der Waals surface area contributed by atoms with Gasteiger partial charge < -0.3 is 0 Å². The minimum atomic E-state index is -2.60. The maximum absolute atomic E-state index is 9.83. The van der Waals surface area contributed by atoms with Crippen LogP contribution in [0.5, 0.6) is 0 Å². The van der Waals surface area contributed by atoms with Crippen molar-refractivity contribution in [2.45, 2.75) is 5.21 Å². The molecule has 3 aromatic carbocycles. The zero-order chi connectivity index (χ0) is 16.0. The van der Waals surface area contributed by atoms with Gasteiger partial charge in [0.15, 0.2) is 0 Å². The van der Waals surface area contributed by atoms with E-state index in [4.69, 9.17) is 0 Å². The van der Waals surface area contributed by atoms with Crippen LogP contribution in [0.4, 0.5) is 0 Å². The fourth-order valence-electron chi connectivity index (χ4n) is 2.96. The van der Waals surface area contributed by atoms with E-state index in [1.54, 1.807) is 0 Å². The first-order valence-corrected chi connectivity index (χ1v) is 12.1. The van der Waals surface area contributed by atoms with Crippen LogP contribution in [0.25, 0.3) is 0 Å². The number of hydrogen-bond acceptors (Lipinski definition) is 1. The molecule has 3 aromatic rings. The molecule has 0 spiro atoms. The molecule has 0 unspecified atom stereocenters. The Hall–Kier alpha value is -1.95. The quantitative estimate of drug-likeness (QED) is 0.691. The Balaban J connectivity index is 2.29. The van der Waals surface area contributed by atoms with Crippen LogP contribution < -0.4 is 8.70 Å². The number of rotatable bonds is 5. The molecule has 0 aliphatic heterocycles. The molecule has 3 rings (SSSR count). The summed E-state index contributed by atoms with van der Waals surface area (Å²) in [6, 6.07) is 31.9. The minimum absolute atomic E-state index is 0.208. The molecule has 0 saturated heterocycles. The standard InChI is InChI=1S/C21H21AsO/c23-17-16-22(20-12-6-2-7-13-20,21-14-8-3-9-15-21)18-19-10-4-1-5-11-19/h1-15,18,23H,16-17H2. The zero-order valence-corrected chi connectivity index (χ0v) is 14.9. The Morgan fingerprint density at radius 1 is 0.652 bits per heavy atom. The van der Waals surface area contributed by atoms with E-state index in [9.17, 15) is 5.11 Å². The van der Waals surface area contributed by atoms with Gasteiger partial charge in [0.25, 0.3) is 0 Å². The summed E-state index contributed by atoms with van der Waals surface area (Å²) in [7, 11) is 0. The van der Waals surface area contributed by atoms with Crippen molar-refractivity contribution in [2.24, 2.45) is 0 Å². The molecule has 116 valence electrons. The predicted molar refractivity (Wildman–Crippen MR) is 101 cm³/mol. The van der Waals surface area contributed by atoms with Crippen LogP contribution in [0, 0.1) is 0 Å². The Morgan fingerprint density at radius 2 is 1.09 bits per heavy atom. The number of benzene rings is 3. The first-order chi connectivity index (χ1) is 11.3. The topological polar surface area (TPSA) is 20.2 Å². The van der Waals surface area contributed by atoms with Crippen LogP contribution in [0.1, 0.15) is 5.56 Å². The second kappa shape index (κ2) is 7.55. The van der Waals surface area contributed by atoms with Crippen LogP contribution in [-0.2, 0) is 0 Å². The van der Waals surface area contributed by atoms with E-state index in [1.165, 1.54) is 14.3 Å². The van der Waals surface area contributed by atoms with Gasteiger partial charge in [0.1, 0.15) is 0 Å². The molecule has 0 aliphatic carbocycles. The van der Waals surface area contributed by atoms with Crippen molar-refractivity contribution in [3.05, 3.63) is 96.6 Å². The van der Waals surface area contributed by atoms with Gasteiger partial charge in [-0.2, -0.15) is 0 Å². The Labute approximate surface area is 140 Å². The molecule has 0 saturated carbocycles. The monoisotopic (exact) mass is 364 g/mol. The SMILES string of the molecule is OCC[As](=Cc1ccccc1)(c1ccccc1)c1ccccc1. The summed E-state index contributed by atoms with van der Waals surface area (Å²) in [5.74, 6) is 0. The van der Waals surface area contributed by atoms with Crippen molar-refractivity contribution in [1.82, 2.24) is 0 Å². The average Bonchev–Trinajstić information content (AvgIpc) is 2.64. The van der Waals surface area contributed by atoms with Crippen LogP contribution in [0.15, 0.2) is 91.0 Å². The van der Waals surface area contributed by atoms with E-state index in [1.807, 2.05) is 6.07 Å². The van der Waals surface area contributed by atoms with E-state index in [-0.39, 0.29) is 6.61 Å². The van der Waals surface area contributed by atoms with Gasteiger partial charge in [-0.1, -0.05) is 0 Å². The third-order valence-electron chi connectivity index (χ3n) is 4.06. The van der Waals surface area contributed by atoms with Crippen molar-refractivity contribution >= 4 is 26.6 Å². The number of hydrogen-bond donors (Lipinski definition) is 1. The molecule has 0 amide bonds. The molecule has 0 aromatic heterocycles. The first-order valence-electron chi connectivity index (χ1n) is 7.86. The maximum atomic E-state index is 9.83. The van der Waals surface area contributed by atoms with Gasteiger partial charge in [-0.15, -0.1) is 0 Å². The van der Waals surface area contributed by atoms with E-state index in [2.05, 4.69) is 89.7 Å². The summed E-state index contributed by atoms with van der Waals surface area (Å²) in [6.07, 6.45) is 0.